The first-order chi connectivity index (χ1) is 7.74. The molecule has 106 valence electrons. The second kappa shape index (κ2) is 12.4. The maximum atomic E-state index is 2.39. The summed E-state index contributed by atoms with van der Waals surface area (Å²) in [6.45, 7) is 11.1. The molecule has 0 aromatic rings. The monoisotopic (exact) mass is 244 g/mol. The van der Waals surface area contributed by atoms with Crippen molar-refractivity contribution < 1.29 is 5.48 Å². The van der Waals surface area contributed by atoms with Gasteiger partial charge in [0.25, 0.3) is 0 Å². The number of hydrogen-bond acceptors (Lipinski definition) is 0. The van der Waals surface area contributed by atoms with Crippen LogP contribution in [0.3, 0.4) is 0 Å². The van der Waals surface area contributed by atoms with Crippen LogP contribution in [-0.4, -0.2) is 5.48 Å². The molecular formula is C16H36O. The molecule has 2 N–H and O–H groups in total. The average molecular weight is 244 g/mol. The molecule has 1 atom stereocenters. The molecule has 0 amide bonds. The maximum absolute atomic E-state index is 2.39. The van der Waals surface area contributed by atoms with Crippen LogP contribution >= 0.6 is 0 Å². The second-order valence-corrected chi connectivity index (χ2v) is 5.54. The van der Waals surface area contributed by atoms with Crippen molar-refractivity contribution in [3.63, 3.8) is 0 Å². The molecule has 1 aliphatic carbocycles. The second-order valence-electron chi connectivity index (χ2n) is 5.54. The zero-order chi connectivity index (χ0) is 12.4. The van der Waals surface area contributed by atoms with E-state index in [0.717, 1.165) is 17.8 Å². The SMILES string of the molecule is CC.CCC(CCC(C)C)C1CCCCC1.O. The van der Waals surface area contributed by atoms with E-state index in [1.54, 1.807) is 0 Å². The fourth-order valence-electron chi connectivity index (χ4n) is 2.93. The molecule has 0 aromatic heterocycles. The van der Waals surface area contributed by atoms with Crippen molar-refractivity contribution in [3.05, 3.63) is 0 Å². The van der Waals surface area contributed by atoms with E-state index in [0.29, 0.717) is 0 Å². The van der Waals surface area contributed by atoms with Crippen LogP contribution in [0.15, 0.2) is 0 Å². The van der Waals surface area contributed by atoms with Crippen LogP contribution < -0.4 is 0 Å². The highest BCUT2D eigenvalue weighted by atomic mass is 16.0. The topological polar surface area (TPSA) is 31.5 Å². The summed E-state index contributed by atoms with van der Waals surface area (Å²) < 4.78 is 0. The summed E-state index contributed by atoms with van der Waals surface area (Å²) in [5.74, 6) is 3.01. The molecule has 0 spiro atoms. The van der Waals surface area contributed by atoms with Gasteiger partial charge >= 0.3 is 0 Å². The normalized spacial score (nSPS) is 18.0. The predicted molar refractivity (Wildman–Crippen MR) is 79.4 cm³/mol. The molecule has 1 aliphatic rings. The van der Waals surface area contributed by atoms with Gasteiger partial charge in [0.05, 0.1) is 0 Å². The van der Waals surface area contributed by atoms with Crippen LogP contribution in [0, 0.1) is 17.8 Å². The Morgan fingerprint density at radius 1 is 0.941 bits per heavy atom. The molecule has 0 radical (unpaired) electrons. The van der Waals surface area contributed by atoms with Crippen molar-refractivity contribution >= 4 is 0 Å². The maximum Gasteiger partial charge on any atom is -0.0386 e. The summed E-state index contributed by atoms with van der Waals surface area (Å²) in [5.41, 5.74) is 0. The van der Waals surface area contributed by atoms with Crippen molar-refractivity contribution in [2.24, 2.45) is 17.8 Å². The van der Waals surface area contributed by atoms with E-state index >= 15 is 0 Å². The Hall–Kier alpha value is -0.0400. The third-order valence-electron chi connectivity index (χ3n) is 3.96. The summed E-state index contributed by atoms with van der Waals surface area (Å²) in [7, 11) is 0. The molecule has 0 bridgehead atoms. The minimum atomic E-state index is 0. The fourth-order valence-corrected chi connectivity index (χ4v) is 2.93. The molecule has 1 fully saturated rings. The van der Waals surface area contributed by atoms with Gasteiger partial charge in [0.1, 0.15) is 0 Å². The zero-order valence-electron chi connectivity index (χ0n) is 12.9. The highest BCUT2D eigenvalue weighted by Crippen LogP contribution is 2.34. The Morgan fingerprint density at radius 3 is 1.88 bits per heavy atom. The van der Waals surface area contributed by atoms with E-state index in [-0.39, 0.29) is 5.48 Å². The highest BCUT2D eigenvalue weighted by molar-refractivity contribution is 4.73. The van der Waals surface area contributed by atoms with Crippen LogP contribution in [-0.2, 0) is 0 Å². The van der Waals surface area contributed by atoms with Crippen molar-refractivity contribution in [2.75, 3.05) is 0 Å². The van der Waals surface area contributed by atoms with Crippen LogP contribution in [0.4, 0.5) is 0 Å². The largest absolute Gasteiger partial charge is 0.412 e. The average Bonchev–Trinajstić information content (AvgIpc) is 2.33. The molecule has 1 rings (SSSR count). The Morgan fingerprint density at radius 2 is 1.47 bits per heavy atom. The summed E-state index contributed by atoms with van der Waals surface area (Å²) in [4.78, 5) is 0. The minimum absolute atomic E-state index is 0. The molecule has 1 nitrogen and oxygen atoms in total. The molecule has 17 heavy (non-hydrogen) atoms. The van der Waals surface area contributed by atoms with E-state index in [1.807, 2.05) is 13.8 Å². The molecule has 0 aliphatic heterocycles. The van der Waals surface area contributed by atoms with Crippen LogP contribution in [0.1, 0.15) is 86.0 Å². The molecule has 0 aromatic carbocycles. The van der Waals surface area contributed by atoms with Crippen molar-refractivity contribution in [3.8, 4) is 0 Å². The molecule has 0 saturated heterocycles. The predicted octanol–water partition coefficient (Wildman–Crippen LogP) is 5.23. The quantitative estimate of drug-likeness (QED) is 0.634. The molecular weight excluding hydrogens is 208 g/mol. The summed E-state index contributed by atoms with van der Waals surface area (Å²) in [5, 5.41) is 0. The summed E-state index contributed by atoms with van der Waals surface area (Å²) >= 11 is 0. The van der Waals surface area contributed by atoms with Crippen molar-refractivity contribution in [1.82, 2.24) is 0 Å². The van der Waals surface area contributed by atoms with E-state index in [1.165, 1.54) is 51.4 Å². The number of hydrogen-bond donors (Lipinski definition) is 0. The third-order valence-corrected chi connectivity index (χ3v) is 3.96. The van der Waals surface area contributed by atoms with Gasteiger partial charge in [-0.25, -0.2) is 0 Å². The van der Waals surface area contributed by atoms with Gasteiger partial charge in [-0.15, -0.1) is 0 Å². The Kier molecular flexibility index (Phi) is 14.1. The van der Waals surface area contributed by atoms with Crippen molar-refractivity contribution in [1.29, 1.82) is 0 Å². The van der Waals surface area contributed by atoms with Crippen LogP contribution in [0.5, 0.6) is 0 Å². The van der Waals surface area contributed by atoms with Gasteiger partial charge in [0.2, 0.25) is 0 Å². The molecule has 1 unspecified atom stereocenters. The lowest BCUT2D eigenvalue weighted by molar-refractivity contribution is 0.220. The first kappa shape index (κ1) is 19.3. The van der Waals surface area contributed by atoms with Gasteiger partial charge in [-0.2, -0.15) is 0 Å². The van der Waals surface area contributed by atoms with Gasteiger partial charge in [-0.3, -0.25) is 0 Å². The Balaban J connectivity index is 0. The first-order valence-electron chi connectivity index (χ1n) is 7.74. The summed E-state index contributed by atoms with van der Waals surface area (Å²) in [6.07, 6.45) is 11.9. The van der Waals surface area contributed by atoms with Crippen LogP contribution in [0.2, 0.25) is 0 Å². The lowest BCUT2D eigenvalue weighted by atomic mass is 9.76. The van der Waals surface area contributed by atoms with Gasteiger partial charge < -0.3 is 5.48 Å². The fraction of sp³-hybridized carbons (Fsp3) is 1.00. The van der Waals surface area contributed by atoms with Crippen LogP contribution in [0.25, 0.3) is 0 Å². The van der Waals surface area contributed by atoms with E-state index in [4.69, 9.17) is 0 Å². The number of rotatable bonds is 5. The summed E-state index contributed by atoms with van der Waals surface area (Å²) in [6, 6.07) is 0. The zero-order valence-corrected chi connectivity index (χ0v) is 12.9. The van der Waals surface area contributed by atoms with E-state index in [2.05, 4.69) is 20.8 Å². The first-order valence-corrected chi connectivity index (χ1v) is 7.74. The van der Waals surface area contributed by atoms with Crippen molar-refractivity contribution in [2.45, 2.75) is 86.0 Å². The van der Waals surface area contributed by atoms with Gasteiger partial charge in [-0.1, -0.05) is 79.6 Å². The molecule has 0 heterocycles. The van der Waals surface area contributed by atoms with Gasteiger partial charge in [-0.05, 0) is 24.2 Å². The van der Waals surface area contributed by atoms with Gasteiger partial charge in [0, 0.05) is 0 Å². The molecule has 1 heteroatoms. The van der Waals surface area contributed by atoms with E-state index < -0.39 is 0 Å². The Bertz CT molecular complexity index is 136. The third kappa shape index (κ3) is 8.65. The standard InChI is InChI=1S/C14H28.C2H6.H2O/c1-4-13(11-10-12(2)3)14-8-6-5-7-9-14;1-2;/h12-14H,4-11H2,1-3H3;1-2H3;1H2. The molecule has 1 saturated carbocycles. The Labute approximate surface area is 110 Å². The lowest BCUT2D eigenvalue weighted by Crippen LogP contribution is -2.17. The van der Waals surface area contributed by atoms with E-state index in [9.17, 15) is 0 Å². The highest BCUT2D eigenvalue weighted by Gasteiger charge is 2.21. The lowest BCUT2D eigenvalue weighted by Gasteiger charge is -2.30. The smallest absolute Gasteiger partial charge is 0.0386 e. The van der Waals surface area contributed by atoms with Gasteiger partial charge in [0.15, 0.2) is 0 Å². The minimum Gasteiger partial charge on any atom is -0.412 e.